The molecule has 2 aromatic carbocycles. The molecule has 2 aliphatic heterocycles. The molecule has 0 aromatic heterocycles. The van der Waals surface area contributed by atoms with E-state index in [4.69, 9.17) is 9.47 Å². The maximum atomic E-state index is 12.7. The second-order valence-corrected chi connectivity index (χ2v) is 7.93. The van der Waals surface area contributed by atoms with Gasteiger partial charge in [-0.3, -0.25) is 14.4 Å². The molecule has 0 unspecified atom stereocenters. The molecule has 2 fully saturated rings. The fourth-order valence-corrected chi connectivity index (χ4v) is 3.96. The number of morpholine rings is 1. The third-order valence-corrected chi connectivity index (χ3v) is 5.83. The lowest BCUT2D eigenvalue weighted by Gasteiger charge is -2.26. The van der Waals surface area contributed by atoms with Crippen molar-refractivity contribution in [2.24, 2.45) is 5.92 Å². The zero-order chi connectivity index (χ0) is 22.5. The highest BCUT2D eigenvalue weighted by atomic mass is 16.5. The van der Waals surface area contributed by atoms with Crippen LogP contribution in [0.3, 0.4) is 0 Å². The van der Waals surface area contributed by atoms with Crippen LogP contribution in [-0.2, 0) is 20.9 Å². The summed E-state index contributed by atoms with van der Waals surface area (Å²) >= 11 is 0. The predicted octanol–water partition coefficient (Wildman–Crippen LogP) is 1.84. The average molecular weight is 437 g/mol. The highest BCUT2D eigenvalue weighted by Gasteiger charge is 2.35. The van der Waals surface area contributed by atoms with Crippen molar-refractivity contribution < 1.29 is 23.9 Å². The molecule has 32 heavy (non-hydrogen) atoms. The van der Waals surface area contributed by atoms with Gasteiger partial charge in [0.25, 0.3) is 5.91 Å². The van der Waals surface area contributed by atoms with Crippen molar-refractivity contribution in [2.75, 3.05) is 44.9 Å². The molecule has 4 rings (SSSR count). The van der Waals surface area contributed by atoms with Crippen molar-refractivity contribution in [2.45, 2.75) is 13.0 Å². The quantitative estimate of drug-likeness (QED) is 0.745. The van der Waals surface area contributed by atoms with Crippen LogP contribution in [0.15, 0.2) is 48.5 Å². The van der Waals surface area contributed by atoms with Gasteiger partial charge in [0.2, 0.25) is 11.8 Å². The Kier molecular flexibility index (Phi) is 6.70. The summed E-state index contributed by atoms with van der Waals surface area (Å²) in [6.45, 7) is 3.01. The molecule has 0 spiro atoms. The Morgan fingerprint density at radius 2 is 1.88 bits per heavy atom. The maximum absolute atomic E-state index is 12.7. The molecule has 8 heteroatoms. The van der Waals surface area contributed by atoms with Gasteiger partial charge in [0, 0.05) is 49.9 Å². The molecule has 2 saturated heterocycles. The van der Waals surface area contributed by atoms with Gasteiger partial charge in [-0.05, 0) is 29.8 Å². The van der Waals surface area contributed by atoms with Crippen LogP contribution < -0.4 is 15.0 Å². The molecule has 0 bridgehead atoms. The average Bonchev–Trinajstić information content (AvgIpc) is 3.24. The maximum Gasteiger partial charge on any atom is 0.254 e. The van der Waals surface area contributed by atoms with E-state index >= 15 is 0 Å². The summed E-state index contributed by atoms with van der Waals surface area (Å²) in [5.41, 5.74) is 2.24. The SMILES string of the molecule is COc1cccc(N2C[C@H](C(=O)NCc3ccc(C(=O)N4CCOCC4)cc3)CC2=O)c1. The lowest BCUT2D eigenvalue weighted by Crippen LogP contribution is -2.40. The van der Waals surface area contributed by atoms with Crippen molar-refractivity contribution in [3.05, 3.63) is 59.7 Å². The Hall–Kier alpha value is -3.39. The van der Waals surface area contributed by atoms with Gasteiger partial charge in [0.05, 0.1) is 26.2 Å². The summed E-state index contributed by atoms with van der Waals surface area (Å²) in [6, 6.07) is 14.5. The van der Waals surface area contributed by atoms with E-state index in [2.05, 4.69) is 5.32 Å². The van der Waals surface area contributed by atoms with Crippen molar-refractivity contribution in [3.63, 3.8) is 0 Å². The minimum Gasteiger partial charge on any atom is -0.497 e. The Balaban J connectivity index is 1.31. The van der Waals surface area contributed by atoms with Crippen LogP contribution in [0.4, 0.5) is 5.69 Å². The van der Waals surface area contributed by atoms with E-state index in [0.717, 1.165) is 11.3 Å². The molecular weight excluding hydrogens is 410 g/mol. The van der Waals surface area contributed by atoms with Crippen LogP contribution in [-0.4, -0.2) is 62.6 Å². The zero-order valence-electron chi connectivity index (χ0n) is 18.1. The van der Waals surface area contributed by atoms with E-state index in [9.17, 15) is 14.4 Å². The highest BCUT2D eigenvalue weighted by molar-refractivity contribution is 6.00. The summed E-state index contributed by atoms with van der Waals surface area (Å²) in [5, 5.41) is 2.91. The smallest absolute Gasteiger partial charge is 0.254 e. The normalized spacial score (nSPS) is 18.5. The van der Waals surface area contributed by atoms with E-state index in [1.807, 2.05) is 30.3 Å². The molecule has 2 heterocycles. The van der Waals surface area contributed by atoms with Gasteiger partial charge in [-0.25, -0.2) is 0 Å². The summed E-state index contributed by atoms with van der Waals surface area (Å²) in [4.78, 5) is 41.0. The number of hydrogen-bond donors (Lipinski definition) is 1. The summed E-state index contributed by atoms with van der Waals surface area (Å²) in [5.74, 6) is 0.0159. The standard InChI is InChI=1S/C24H27N3O5/c1-31-21-4-2-3-20(14-21)27-16-19(13-22(27)28)23(29)25-15-17-5-7-18(8-6-17)24(30)26-9-11-32-12-10-26/h2-8,14,19H,9-13,15-16H2,1H3,(H,25,29)/t19-/m1/s1. The molecule has 0 saturated carbocycles. The monoisotopic (exact) mass is 437 g/mol. The molecule has 168 valence electrons. The van der Waals surface area contributed by atoms with Crippen LogP contribution in [0.2, 0.25) is 0 Å². The Labute approximate surface area is 187 Å². The van der Waals surface area contributed by atoms with Gasteiger partial charge in [-0.2, -0.15) is 0 Å². The van der Waals surface area contributed by atoms with Crippen LogP contribution in [0, 0.1) is 5.92 Å². The van der Waals surface area contributed by atoms with Crippen LogP contribution in [0.25, 0.3) is 0 Å². The van der Waals surface area contributed by atoms with E-state index in [1.165, 1.54) is 0 Å². The number of nitrogens with zero attached hydrogens (tertiary/aromatic N) is 2. The number of hydrogen-bond acceptors (Lipinski definition) is 5. The van der Waals surface area contributed by atoms with Gasteiger partial charge < -0.3 is 24.6 Å². The second-order valence-electron chi connectivity index (χ2n) is 7.93. The van der Waals surface area contributed by atoms with E-state index < -0.39 is 5.92 Å². The number of anilines is 1. The number of rotatable bonds is 6. The van der Waals surface area contributed by atoms with Gasteiger partial charge >= 0.3 is 0 Å². The minimum absolute atomic E-state index is 0.00834. The first-order chi connectivity index (χ1) is 15.5. The number of benzene rings is 2. The topological polar surface area (TPSA) is 88.2 Å². The summed E-state index contributed by atoms with van der Waals surface area (Å²) < 4.78 is 10.5. The number of methoxy groups -OCH3 is 1. The molecule has 0 aliphatic carbocycles. The van der Waals surface area contributed by atoms with Crippen molar-refractivity contribution in [1.29, 1.82) is 0 Å². The molecule has 8 nitrogen and oxygen atoms in total. The number of carbonyl (C=O) groups excluding carboxylic acids is 3. The Morgan fingerprint density at radius 1 is 1.12 bits per heavy atom. The van der Waals surface area contributed by atoms with Crippen LogP contribution >= 0.6 is 0 Å². The Bertz CT molecular complexity index is 985. The number of nitrogens with one attached hydrogen (secondary N) is 1. The molecule has 1 N–H and O–H groups in total. The first kappa shape index (κ1) is 21.8. The van der Waals surface area contributed by atoms with E-state index in [-0.39, 0.29) is 24.1 Å². The largest absolute Gasteiger partial charge is 0.497 e. The fraction of sp³-hybridized carbons (Fsp3) is 0.375. The molecule has 0 radical (unpaired) electrons. The van der Waals surface area contributed by atoms with Crippen molar-refractivity contribution in [3.8, 4) is 5.75 Å². The van der Waals surface area contributed by atoms with Crippen molar-refractivity contribution in [1.82, 2.24) is 10.2 Å². The van der Waals surface area contributed by atoms with E-state index in [1.54, 1.807) is 35.1 Å². The zero-order valence-corrected chi connectivity index (χ0v) is 18.1. The summed E-state index contributed by atoms with van der Waals surface area (Å²) in [7, 11) is 1.58. The highest BCUT2D eigenvalue weighted by Crippen LogP contribution is 2.28. The summed E-state index contributed by atoms with van der Waals surface area (Å²) in [6.07, 6.45) is 0.177. The number of carbonyl (C=O) groups is 3. The molecule has 2 aliphatic rings. The van der Waals surface area contributed by atoms with Crippen molar-refractivity contribution >= 4 is 23.4 Å². The molecular formula is C24H27N3O5. The number of ether oxygens (including phenoxy) is 2. The minimum atomic E-state index is -0.407. The van der Waals surface area contributed by atoms with Crippen LogP contribution in [0.1, 0.15) is 22.3 Å². The first-order valence-electron chi connectivity index (χ1n) is 10.7. The van der Waals surface area contributed by atoms with Gasteiger partial charge in [0.15, 0.2) is 0 Å². The van der Waals surface area contributed by atoms with Gasteiger partial charge in [-0.15, -0.1) is 0 Å². The molecule has 2 aromatic rings. The number of amides is 3. The third kappa shape index (κ3) is 4.91. The van der Waals surface area contributed by atoms with Crippen LogP contribution in [0.5, 0.6) is 5.75 Å². The van der Waals surface area contributed by atoms with Gasteiger partial charge in [0.1, 0.15) is 5.75 Å². The Morgan fingerprint density at radius 3 is 2.59 bits per heavy atom. The van der Waals surface area contributed by atoms with Gasteiger partial charge in [-0.1, -0.05) is 18.2 Å². The third-order valence-electron chi connectivity index (χ3n) is 5.83. The predicted molar refractivity (Wildman–Crippen MR) is 118 cm³/mol. The fourth-order valence-electron chi connectivity index (χ4n) is 3.96. The molecule has 3 amide bonds. The van der Waals surface area contributed by atoms with E-state index in [0.29, 0.717) is 50.7 Å². The molecule has 1 atom stereocenters. The lowest BCUT2D eigenvalue weighted by atomic mass is 10.1. The second kappa shape index (κ2) is 9.82. The first-order valence-corrected chi connectivity index (χ1v) is 10.7. The lowest BCUT2D eigenvalue weighted by molar-refractivity contribution is -0.126.